The molecule has 0 unspecified atom stereocenters. The number of thioether (sulfide) groups is 1. The molecule has 0 N–H and O–H groups in total. The van der Waals surface area contributed by atoms with E-state index in [9.17, 15) is 0 Å². The van der Waals surface area contributed by atoms with Gasteiger partial charge in [0.1, 0.15) is 5.75 Å². The molecule has 1 saturated carbocycles. The molecule has 1 aromatic carbocycles. The zero-order valence-corrected chi connectivity index (χ0v) is 12.0. The summed E-state index contributed by atoms with van der Waals surface area (Å²) in [4.78, 5) is 5.86. The van der Waals surface area contributed by atoms with Gasteiger partial charge in [0.15, 0.2) is 0 Å². The molecule has 0 bridgehead atoms. The first-order valence-electron chi connectivity index (χ1n) is 6.59. The van der Waals surface area contributed by atoms with Crippen LogP contribution in [0, 0.1) is 5.92 Å². The van der Waals surface area contributed by atoms with Gasteiger partial charge in [-0.25, -0.2) is 0 Å². The van der Waals surface area contributed by atoms with E-state index in [4.69, 9.17) is 4.74 Å². The summed E-state index contributed by atoms with van der Waals surface area (Å²) in [5.74, 6) is 1.58. The number of nitrogens with zero attached hydrogens (tertiary/aromatic N) is 1. The monoisotopic (exact) mass is 263 g/mol. The van der Waals surface area contributed by atoms with E-state index in [0.717, 1.165) is 11.4 Å². The highest BCUT2D eigenvalue weighted by atomic mass is 32.2. The van der Waals surface area contributed by atoms with Crippen molar-refractivity contribution >= 4 is 23.7 Å². The molecule has 0 aliphatic heterocycles. The van der Waals surface area contributed by atoms with Crippen molar-refractivity contribution in [3.8, 4) is 5.75 Å². The molecule has 2 nitrogen and oxygen atoms in total. The van der Waals surface area contributed by atoms with Crippen molar-refractivity contribution in [3.05, 3.63) is 18.2 Å². The summed E-state index contributed by atoms with van der Waals surface area (Å²) in [7, 11) is 1.70. The van der Waals surface area contributed by atoms with Gasteiger partial charge >= 0.3 is 0 Å². The number of benzene rings is 1. The minimum atomic E-state index is 0.676. The first kappa shape index (κ1) is 13.5. The SMILES string of the molecule is COc1ccc(N=CC2CCCCC2)c(SC)c1. The van der Waals surface area contributed by atoms with Crippen LogP contribution in [0.3, 0.4) is 0 Å². The van der Waals surface area contributed by atoms with Crippen LogP contribution in [0.2, 0.25) is 0 Å². The van der Waals surface area contributed by atoms with Crippen molar-refractivity contribution in [1.82, 2.24) is 0 Å². The molecule has 0 radical (unpaired) electrons. The molecule has 0 aromatic heterocycles. The lowest BCUT2D eigenvalue weighted by Gasteiger charge is -2.17. The molecular weight excluding hydrogens is 242 g/mol. The van der Waals surface area contributed by atoms with Crippen LogP contribution in [-0.2, 0) is 0 Å². The summed E-state index contributed by atoms with van der Waals surface area (Å²) in [5, 5.41) is 0. The molecule has 0 amide bonds. The molecule has 3 heteroatoms. The van der Waals surface area contributed by atoms with E-state index < -0.39 is 0 Å². The molecule has 0 saturated heterocycles. The van der Waals surface area contributed by atoms with Crippen LogP contribution in [0.4, 0.5) is 5.69 Å². The van der Waals surface area contributed by atoms with Gasteiger partial charge in [0, 0.05) is 11.1 Å². The number of hydrogen-bond acceptors (Lipinski definition) is 3. The van der Waals surface area contributed by atoms with Gasteiger partial charge in [-0.05, 0) is 43.2 Å². The average Bonchev–Trinajstić information content (AvgIpc) is 2.46. The summed E-state index contributed by atoms with van der Waals surface area (Å²) in [5.41, 5.74) is 1.06. The molecule has 1 fully saturated rings. The molecule has 1 aromatic rings. The first-order valence-corrected chi connectivity index (χ1v) is 7.82. The minimum Gasteiger partial charge on any atom is -0.497 e. The largest absolute Gasteiger partial charge is 0.497 e. The average molecular weight is 263 g/mol. The van der Waals surface area contributed by atoms with Crippen LogP contribution in [-0.4, -0.2) is 19.6 Å². The van der Waals surface area contributed by atoms with E-state index in [-0.39, 0.29) is 0 Å². The van der Waals surface area contributed by atoms with Gasteiger partial charge in [-0.3, -0.25) is 4.99 Å². The number of rotatable bonds is 4. The molecule has 18 heavy (non-hydrogen) atoms. The van der Waals surface area contributed by atoms with Crippen LogP contribution in [0.25, 0.3) is 0 Å². The Kier molecular flexibility index (Phi) is 5.12. The highest BCUT2D eigenvalue weighted by Gasteiger charge is 2.11. The van der Waals surface area contributed by atoms with Gasteiger partial charge in [0.25, 0.3) is 0 Å². The third-order valence-corrected chi connectivity index (χ3v) is 4.23. The van der Waals surface area contributed by atoms with Crippen molar-refractivity contribution in [3.63, 3.8) is 0 Å². The topological polar surface area (TPSA) is 21.6 Å². The molecule has 0 atom stereocenters. The van der Waals surface area contributed by atoms with E-state index in [1.807, 2.05) is 12.1 Å². The highest BCUT2D eigenvalue weighted by molar-refractivity contribution is 7.98. The Morgan fingerprint density at radius 3 is 2.72 bits per heavy atom. The van der Waals surface area contributed by atoms with Gasteiger partial charge < -0.3 is 4.74 Å². The van der Waals surface area contributed by atoms with Gasteiger partial charge in [-0.15, -0.1) is 11.8 Å². The van der Waals surface area contributed by atoms with E-state index in [1.165, 1.54) is 37.0 Å². The van der Waals surface area contributed by atoms with Crippen molar-refractivity contribution in [2.45, 2.75) is 37.0 Å². The summed E-state index contributed by atoms with van der Waals surface area (Å²) in [6, 6.07) is 6.08. The van der Waals surface area contributed by atoms with Crippen LogP contribution < -0.4 is 4.74 Å². The first-order chi connectivity index (χ1) is 8.83. The highest BCUT2D eigenvalue weighted by Crippen LogP contribution is 2.32. The van der Waals surface area contributed by atoms with Crippen LogP contribution >= 0.6 is 11.8 Å². The lowest BCUT2D eigenvalue weighted by atomic mass is 9.90. The molecule has 98 valence electrons. The Balaban J connectivity index is 2.09. The fourth-order valence-corrected chi connectivity index (χ4v) is 2.92. The normalized spacial score (nSPS) is 17.2. The maximum atomic E-state index is 5.24. The molecule has 1 aliphatic rings. The molecule has 0 spiro atoms. The Morgan fingerprint density at radius 2 is 2.06 bits per heavy atom. The Labute approximate surface area is 114 Å². The van der Waals surface area contributed by atoms with E-state index in [2.05, 4.69) is 23.5 Å². The Hall–Kier alpha value is -0.960. The maximum Gasteiger partial charge on any atom is 0.120 e. The molecule has 0 heterocycles. The fourth-order valence-electron chi connectivity index (χ4n) is 2.36. The quantitative estimate of drug-likeness (QED) is 0.580. The maximum absolute atomic E-state index is 5.24. The van der Waals surface area contributed by atoms with Crippen molar-refractivity contribution in [2.75, 3.05) is 13.4 Å². The second-order valence-electron chi connectivity index (χ2n) is 4.71. The summed E-state index contributed by atoms with van der Waals surface area (Å²) < 4.78 is 5.24. The minimum absolute atomic E-state index is 0.676. The number of aliphatic imine (C=N–C) groups is 1. The zero-order valence-electron chi connectivity index (χ0n) is 11.2. The van der Waals surface area contributed by atoms with Crippen molar-refractivity contribution < 1.29 is 4.74 Å². The van der Waals surface area contributed by atoms with Crippen molar-refractivity contribution in [2.24, 2.45) is 10.9 Å². The standard InChI is InChI=1S/C15H21NOS/c1-17-13-8-9-14(15(10-13)18-2)16-11-12-6-4-3-5-7-12/h8-12H,3-7H2,1-2H3. The second kappa shape index (κ2) is 6.83. The van der Waals surface area contributed by atoms with E-state index in [0.29, 0.717) is 5.92 Å². The predicted octanol–water partition coefficient (Wildman–Crippen LogP) is 4.70. The van der Waals surface area contributed by atoms with Gasteiger partial charge in [0.05, 0.1) is 12.8 Å². The third-order valence-electron chi connectivity index (χ3n) is 3.46. The van der Waals surface area contributed by atoms with Gasteiger partial charge in [-0.2, -0.15) is 0 Å². The smallest absolute Gasteiger partial charge is 0.120 e. The van der Waals surface area contributed by atoms with Gasteiger partial charge in [0.2, 0.25) is 0 Å². The van der Waals surface area contributed by atoms with E-state index in [1.54, 1.807) is 18.9 Å². The fraction of sp³-hybridized carbons (Fsp3) is 0.533. The summed E-state index contributed by atoms with van der Waals surface area (Å²) >= 11 is 1.72. The number of hydrogen-bond donors (Lipinski definition) is 0. The van der Waals surface area contributed by atoms with Crippen LogP contribution in [0.15, 0.2) is 28.1 Å². The Morgan fingerprint density at radius 1 is 1.28 bits per heavy atom. The summed E-state index contributed by atoms with van der Waals surface area (Å²) in [6.45, 7) is 0. The van der Waals surface area contributed by atoms with Crippen molar-refractivity contribution in [1.29, 1.82) is 0 Å². The zero-order chi connectivity index (χ0) is 12.8. The lowest BCUT2D eigenvalue weighted by molar-refractivity contribution is 0.414. The number of methoxy groups -OCH3 is 1. The van der Waals surface area contributed by atoms with Gasteiger partial charge in [-0.1, -0.05) is 19.3 Å². The van der Waals surface area contributed by atoms with E-state index >= 15 is 0 Å². The third kappa shape index (κ3) is 3.52. The van der Waals surface area contributed by atoms with Crippen LogP contribution in [0.1, 0.15) is 32.1 Å². The number of ether oxygens (including phenoxy) is 1. The second-order valence-corrected chi connectivity index (χ2v) is 5.56. The lowest BCUT2D eigenvalue weighted by Crippen LogP contribution is -2.06. The molecule has 2 rings (SSSR count). The Bertz CT molecular complexity index is 411. The summed E-state index contributed by atoms with van der Waals surface area (Å²) in [6.07, 6.45) is 10.9. The van der Waals surface area contributed by atoms with Crippen LogP contribution in [0.5, 0.6) is 5.75 Å². The predicted molar refractivity (Wildman–Crippen MR) is 79.5 cm³/mol. The molecule has 1 aliphatic carbocycles. The molecular formula is C15H21NOS.